The molecule has 1 fully saturated rings. The molecule has 1 aliphatic heterocycles. The molecule has 0 spiro atoms. The fourth-order valence-corrected chi connectivity index (χ4v) is 2.31. The third-order valence-corrected chi connectivity index (χ3v) is 3.39. The number of nitrogens with zero attached hydrogens (tertiary/aromatic N) is 3. The van der Waals surface area contributed by atoms with Crippen molar-refractivity contribution in [3.63, 3.8) is 0 Å². The number of carbonyl (C=O) groups is 1. The van der Waals surface area contributed by atoms with E-state index >= 15 is 0 Å². The number of hydrogen-bond acceptors (Lipinski definition) is 4. The number of aryl methyl sites for hydroxylation is 1. The quantitative estimate of drug-likeness (QED) is 0.589. The van der Waals surface area contributed by atoms with E-state index in [2.05, 4.69) is 15.9 Å². The first-order chi connectivity index (χ1) is 9.24. The van der Waals surface area contributed by atoms with Crippen molar-refractivity contribution in [2.45, 2.75) is 32.4 Å². The highest BCUT2D eigenvalue weighted by Gasteiger charge is 2.25. The lowest BCUT2D eigenvalue weighted by molar-refractivity contribution is 0.0407. The standard InChI is InChI=1S/C14H19N3O2/c1-3-7-16-8-5-6-13(16)11-19-14(18)12-9-15-17(4-2)10-12/h1,9-10,13H,4-8,11H2,2H3/t13-/m1/s1. The first-order valence-electron chi connectivity index (χ1n) is 6.61. The number of rotatable bonds is 5. The highest BCUT2D eigenvalue weighted by molar-refractivity contribution is 5.88. The van der Waals surface area contributed by atoms with Crippen molar-refractivity contribution in [1.82, 2.24) is 14.7 Å². The Balaban J connectivity index is 1.84. The number of ether oxygens (including phenoxy) is 1. The van der Waals surface area contributed by atoms with Gasteiger partial charge in [-0.25, -0.2) is 4.79 Å². The molecule has 0 radical (unpaired) electrons. The summed E-state index contributed by atoms with van der Waals surface area (Å²) in [6, 6.07) is 0.251. The van der Waals surface area contributed by atoms with E-state index < -0.39 is 0 Å². The molecule has 102 valence electrons. The van der Waals surface area contributed by atoms with Crippen LogP contribution >= 0.6 is 0 Å². The van der Waals surface area contributed by atoms with Crippen molar-refractivity contribution in [2.24, 2.45) is 0 Å². The van der Waals surface area contributed by atoms with E-state index in [9.17, 15) is 4.79 Å². The number of aromatic nitrogens is 2. The van der Waals surface area contributed by atoms with Gasteiger partial charge in [-0.2, -0.15) is 5.10 Å². The second kappa shape index (κ2) is 6.39. The first kappa shape index (κ1) is 13.6. The zero-order valence-corrected chi connectivity index (χ0v) is 11.2. The van der Waals surface area contributed by atoms with Gasteiger partial charge in [-0.3, -0.25) is 9.58 Å². The average Bonchev–Trinajstić information content (AvgIpc) is 3.05. The van der Waals surface area contributed by atoms with Crippen molar-refractivity contribution in [3.8, 4) is 12.3 Å². The Morgan fingerprint density at radius 1 is 1.68 bits per heavy atom. The maximum absolute atomic E-state index is 11.9. The average molecular weight is 261 g/mol. The van der Waals surface area contributed by atoms with Crippen LogP contribution < -0.4 is 0 Å². The van der Waals surface area contributed by atoms with Crippen molar-refractivity contribution in [2.75, 3.05) is 19.7 Å². The van der Waals surface area contributed by atoms with Crippen LogP contribution in [-0.2, 0) is 11.3 Å². The molecule has 0 N–H and O–H groups in total. The lowest BCUT2D eigenvalue weighted by Gasteiger charge is -2.21. The smallest absolute Gasteiger partial charge is 0.341 e. The number of likely N-dealkylation sites (tertiary alicyclic amines) is 1. The SMILES string of the molecule is C#CCN1CCC[C@@H]1COC(=O)c1cnn(CC)c1. The van der Waals surface area contributed by atoms with Crippen LogP contribution in [-0.4, -0.2) is 46.4 Å². The summed E-state index contributed by atoms with van der Waals surface area (Å²) in [5, 5.41) is 4.06. The summed E-state index contributed by atoms with van der Waals surface area (Å²) in [5.41, 5.74) is 0.503. The molecule has 1 aliphatic rings. The fraction of sp³-hybridized carbons (Fsp3) is 0.571. The molecule has 0 unspecified atom stereocenters. The van der Waals surface area contributed by atoms with E-state index in [0.29, 0.717) is 18.7 Å². The van der Waals surface area contributed by atoms with Gasteiger partial charge in [-0.05, 0) is 26.3 Å². The van der Waals surface area contributed by atoms with Gasteiger partial charge >= 0.3 is 5.97 Å². The van der Waals surface area contributed by atoms with Gasteiger partial charge in [0.25, 0.3) is 0 Å². The molecular weight excluding hydrogens is 242 g/mol. The van der Waals surface area contributed by atoms with Gasteiger partial charge in [0.05, 0.1) is 18.3 Å². The predicted octanol–water partition coefficient (Wildman–Crippen LogP) is 1.16. The molecule has 5 heteroatoms. The molecule has 5 nitrogen and oxygen atoms in total. The third kappa shape index (κ3) is 3.36. The monoisotopic (exact) mass is 261 g/mol. The maximum Gasteiger partial charge on any atom is 0.341 e. The third-order valence-electron chi connectivity index (χ3n) is 3.39. The van der Waals surface area contributed by atoms with Crippen LogP contribution in [0.25, 0.3) is 0 Å². The molecule has 0 amide bonds. The second-order valence-electron chi connectivity index (χ2n) is 4.65. The topological polar surface area (TPSA) is 47.4 Å². The molecule has 19 heavy (non-hydrogen) atoms. The number of hydrogen-bond donors (Lipinski definition) is 0. The summed E-state index contributed by atoms with van der Waals surface area (Å²) in [5.74, 6) is 2.33. The van der Waals surface area contributed by atoms with Crippen molar-refractivity contribution < 1.29 is 9.53 Å². The molecule has 2 heterocycles. The molecule has 0 bridgehead atoms. The minimum Gasteiger partial charge on any atom is -0.460 e. The van der Waals surface area contributed by atoms with Gasteiger partial charge in [0.15, 0.2) is 0 Å². The van der Waals surface area contributed by atoms with E-state index in [1.165, 1.54) is 0 Å². The van der Waals surface area contributed by atoms with E-state index in [4.69, 9.17) is 11.2 Å². The number of esters is 1. The lowest BCUT2D eigenvalue weighted by Crippen LogP contribution is -2.34. The van der Waals surface area contributed by atoms with E-state index in [1.807, 2.05) is 6.92 Å². The second-order valence-corrected chi connectivity index (χ2v) is 4.65. The minimum atomic E-state index is -0.313. The molecular formula is C14H19N3O2. The Labute approximate surface area is 113 Å². The molecule has 1 aromatic heterocycles. The Kier molecular flexibility index (Phi) is 4.58. The molecule has 0 saturated carbocycles. The number of carbonyl (C=O) groups excluding carboxylic acids is 1. The molecule has 0 aliphatic carbocycles. The van der Waals surface area contributed by atoms with Crippen LogP contribution in [0.2, 0.25) is 0 Å². The van der Waals surface area contributed by atoms with E-state index in [-0.39, 0.29) is 12.0 Å². The van der Waals surface area contributed by atoms with Crippen molar-refractivity contribution in [3.05, 3.63) is 18.0 Å². The summed E-state index contributed by atoms with van der Waals surface area (Å²) in [6.45, 7) is 4.72. The van der Waals surface area contributed by atoms with Gasteiger partial charge in [-0.1, -0.05) is 5.92 Å². The molecule has 1 atom stereocenters. The van der Waals surface area contributed by atoms with Gasteiger partial charge in [0.1, 0.15) is 6.61 Å². The number of terminal acetylenes is 1. The van der Waals surface area contributed by atoms with Crippen molar-refractivity contribution in [1.29, 1.82) is 0 Å². The highest BCUT2D eigenvalue weighted by atomic mass is 16.5. The molecule has 1 saturated heterocycles. The van der Waals surface area contributed by atoms with Crippen LogP contribution in [0.1, 0.15) is 30.1 Å². The van der Waals surface area contributed by atoms with Gasteiger partial charge < -0.3 is 4.74 Å². The van der Waals surface area contributed by atoms with E-state index in [0.717, 1.165) is 25.9 Å². The summed E-state index contributed by atoms with van der Waals surface area (Å²) in [6.07, 6.45) is 10.7. The van der Waals surface area contributed by atoms with Gasteiger partial charge in [0.2, 0.25) is 0 Å². The molecule has 0 aromatic carbocycles. The van der Waals surface area contributed by atoms with Crippen molar-refractivity contribution >= 4 is 5.97 Å². The highest BCUT2D eigenvalue weighted by Crippen LogP contribution is 2.17. The maximum atomic E-state index is 11.9. The summed E-state index contributed by atoms with van der Waals surface area (Å²) in [4.78, 5) is 14.0. The molecule has 2 rings (SSSR count). The Morgan fingerprint density at radius 3 is 3.21 bits per heavy atom. The van der Waals surface area contributed by atoms with E-state index in [1.54, 1.807) is 17.1 Å². The van der Waals surface area contributed by atoms with Crippen LogP contribution in [0.3, 0.4) is 0 Å². The zero-order chi connectivity index (χ0) is 13.7. The molecule has 1 aromatic rings. The normalized spacial score (nSPS) is 19.3. The largest absolute Gasteiger partial charge is 0.460 e. The van der Waals surface area contributed by atoms with Gasteiger partial charge in [-0.15, -0.1) is 6.42 Å². The lowest BCUT2D eigenvalue weighted by atomic mass is 10.2. The predicted molar refractivity (Wildman–Crippen MR) is 71.6 cm³/mol. The van der Waals surface area contributed by atoms with Crippen LogP contribution in [0.5, 0.6) is 0 Å². The summed E-state index contributed by atoms with van der Waals surface area (Å²) < 4.78 is 7.05. The Hall–Kier alpha value is -1.80. The van der Waals surface area contributed by atoms with Crippen LogP contribution in [0.4, 0.5) is 0 Å². The minimum absolute atomic E-state index is 0.251. The summed E-state index contributed by atoms with van der Waals surface area (Å²) >= 11 is 0. The Morgan fingerprint density at radius 2 is 2.53 bits per heavy atom. The summed E-state index contributed by atoms with van der Waals surface area (Å²) in [7, 11) is 0. The van der Waals surface area contributed by atoms with Crippen LogP contribution in [0.15, 0.2) is 12.4 Å². The van der Waals surface area contributed by atoms with Crippen LogP contribution in [0, 0.1) is 12.3 Å². The van der Waals surface area contributed by atoms with Gasteiger partial charge in [0, 0.05) is 18.8 Å². The zero-order valence-electron chi connectivity index (χ0n) is 11.2. The first-order valence-corrected chi connectivity index (χ1v) is 6.61. The fourth-order valence-electron chi connectivity index (χ4n) is 2.31. The Bertz CT molecular complexity index is 475.